The molecule has 1 N–H and O–H groups in total. The van der Waals surface area contributed by atoms with Crippen molar-refractivity contribution in [2.24, 2.45) is 0 Å². The number of aromatic nitrogens is 3. The Morgan fingerprint density at radius 1 is 1.33 bits per heavy atom. The molecule has 0 spiro atoms. The maximum absolute atomic E-state index is 12.5. The lowest BCUT2D eigenvalue weighted by atomic mass is 10.2. The molecule has 4 rings (SSSR count). The van der Waals surface area contributed by atoms with Crippen LogP contribution in [0.5, 0.6) is 0 Å². The van der Waals surface area contributed by atoms with Gasteiger partial charge in [0.15, 0.2) is 5.13 Å². The van der Waals surface area contributed by atoms with Crippen LogP contribution in [0.1, 0.15) is 23.9 Å². The first kappa shape index (κ1) is 17.8. The minimum absolute atomic E-state index is 0.127. The zero-order chi connectivity index (χ0) is 18.8. The van der Waals surface area contributed by atoms with Gasteiger partial charge in [-0.3, -0.25) is 19.1 Å². The Morgan fingerprint density at radius 2 is 2.19 bits per heavy atom. The Bertz CT molecular complexity index is 1040. The number of anilines is 1. The lowest BCUT2D eigenvalue weighted by Crippen LogP contribution is -2.29. The van der Waals surface area contributed by atoms with Crippen LogP contribution in [0.25, 0.3) is 10.9 Å². The molecule has 0 saturated carbocycles. The van der Waals surface area contributed by atoms with Crippen LogP contribution in [-0.2, 0) is 24.3 Å². The van der Waals surface area contributed by atoms with Crippen molar-refractivity contribution in [3.05, 3.63) is 51.5 Å². The first-order chi connectivity index (χ1) is 13.1. The molecule has 0 aliphatic carbocycles. The Morgan fingerprint density at radius 3 is 3.04 bits per heavy atom. The van der Waals surface area contributed by atoms with E-state index < -0.39 is 0 Å². The summed E-state index contributed by atoms with van der Waals surface area (Å²) in [6, 6.07) is 7.21. The van der Waals surface area contributed by atoms with Crippen molar-refractivity contribution in [1.82, 2.24) is 19.4 Å². The average molecular weight is 383 g/mol. The molecule has 0 atom stereocenters. The van der Waals surface area contributed by atoms with E-state index in [1.807, 2.05) is 12.1 Å². The van der Waals surface area contributed by atoms with Crippen molar-refractivity contribution >= 4 is 33.3 Å². The average Bonchev–Trinajstić information content (AvgIpc) is 3.08. The fraction of sp³-hybridized carbons (Fsp3) is 0.368. The second-order valence-corrected chi connectivity index (χ2v) is 7.65. The zero-order valence-electron chi connectivity index (χ0n) is 15.1. The number of hydrogen-bond acceptors (Lipinski definition) is 6. The Balaban J connectivity index is 1.40. The van der Waals surface area contributed by atoms with Crippen LogP contribution in [0.4, 0.5) is 5.13 Å². The molecule has 3 aromatic rings. The smallest absolute Gasteiger partial charge is 0.261 e. The van der Waals surface area contributed by atoms with Crippen molar-refractivity contribution in [1.29, 1.82) is 0 Å². The second-order valence-electron chi connectivity index (χ2n) is 6.57. The van der Waals surface area contributed by atoms with Gasteiger partial charge in [0.05, 0.1) is 22.9 Å². The lowest BCUT2D eigenvalue weighted by Gasteiger charge is -2.23. The summed E-state index contributed by atoms with van der Waals surface area (Å²) in [4.78, 5) is 37.2. The Kier molecular flexibility index (Phi) is 5.00. The summed E-state index contributed by atoms with van der Waals surface area (Å²) < 4.78 is 1.48. The van der Waals surface area contributed by atoms with Gasteiger partial charge in [0.25, 0.3) is 5.56 Å². The van der Waals surface area contributed by atoms with E-state index in [0.29, 0.717) is 16.0 Å². The van der Waals surface area contributed by atoms with Crippen molar-refractivity contribution in [2.75, 3.05) is 18.4 Å². The Labute approximate surface area is 160 Å². The molecule has 0 unspecified atom stereocenters. The number of thiazole rings is 1. The fourth-order valence-corrected chi connectivity index (χ4v) is 4.31. The van der Waals surface area contributed by atoms with Gasteiger partial charge in [0, 0.05) is 37.4 Å². The van der Waals surface area contributed by atoms with E-state index in [0.717, 1.165) is 31.7 Å². The molecule has 0 saturated heterocycles. The SMILES string of the molecule is CCN1CCc2nc(NC(=O)CCn3cnc4ccccc4c3=O)sc2C1. The van der Waals surface area contributed by atoms with Crippen LogP contribution in [-0.4, -0.2) is 38.4 Å². The van der Waals surface area contributed by atoms with Crippen LogP contribution < -0.4 is 10.9 Å². The van der Waals surface area contributed by atoms with Gasteiger partial charge in [-0.1, -0.05) is 19.1 Å². The number of carbonyl (C=O) groups excluding carboxylic acids is 1. The third kappa shape index (κ3) is 3.77. The van der Waals surface area contributed by atoms with Crippen LogP contribution in [0.3, 0.4) is 0 Å². The van der Waals surface area contributed by atoms with E-state index >= 15 is 0 Å². The number of nitrogens with one attached hydrogen (secondary N) is 1. The van der Waals surface area contributed by atoms with E-state index in [1.165, 1.54) is 15.8 Å². The van der Waals surface area contributed by atoms with Gasteiger partial charge in [-0.25, -0.2) is 9.97 Å². The predicted molar refractivity (Wildman–Crippen MR) is 106 cm³/mol. The normalized spacial score (nSPS) is 14.3. The summed E-state index contributed by atoms with van der Waals surface area (Å²) in [6.07, 6.45) is 2.62. The number of hydrogen-bond donors (Lipinski definition) is 1. The van der Waals surface area contributed by atoms with Crippen LogP contribution in [0.2, 0.25) is 0 Å². The van der Waals surface area contributed by atoms with E-state index in [2.05, 4.69) is 27.1 Å². The summed E-state index contributed by atoms with van der Waals surface area (Å²) in [6.45, 7) is 5.37. The minimum Gasteiger partial charge on any atom is -0.302 e. The first-order valence-electron chi connectivity index (χ1n) is 9.09. The molecule has 140 valence electrons. The van der Waals surface area contributed by atoms with Gasteiger partial charge in [-0.15, -0.1) is 11.3 Å². The summed E-state index contributed by atoms with van der Waals surface area (Å²) >= 11 is 1.54. The van der Waals surface area contributed by atoms with E-state index in [1.54, 1.807) is 23.5 Å². The number of benzene rings is 1. The molecule has 8 heteroatoms. The third-order valence-electron chi connectivity index (χ3n) is 4.82. The van der Waals surface area contributed by atoms with Gasteiger partial charge in [-0.2, -0.15) is 0 Å². The number of likely N-dealkylation sites (N-methyl/N-ethyl adjacent to an activating group) is 1. The van der Waals surface area contributed by atoms with Crippen LogP contribution in [0, 0.1) is 0 Å². The highest BCUT2D eigenvalue weighted by molar-refractivity contribution is 7.15. The highest BCUT2D eigenvalue weighted by Crippen LogP contribution is 2.28. The van der Waals surface area contributed by atoms with Gasteiger partial charge < -0.3 is 5.32 Å². The highest BCUT2D eigenvalue weighted by atomic mass is 32.1. The predicted octanol–water partition coefficient (Wildman–Crippen LogP) is 2.26. The highest BCUT2D eigenvalue weighted by Gasteiger charge is 2.20. The molecule has 3 heterocycles. The van der Waals surface area contributed by atoms with Crippen molar-refractivity contribution in [3.63, 3.8) is 0 Å². The standard InChI is InChI=1S/C19H21N5O2S/c1-2-23-9-7-15-16(11-23)27-19(21-15)22-17(25)8-10-24-12-20-14-6-4-3-5-13(14)18(24)26/h3-6,12H,2,7-11H2,1H3,(H,21,22,25). The number of fused-ring (bicyclic) bond motifs is 2. The number of para-hydroxylation sites is 1. The minimum atomic E-state index is -0.145. The molecule has 0 bridgehead atoms. The maximum atomic E-state index is 12.5. The van der Waals surface area contributed by atoms with Crippen molar-refractivity contribution in [3.8, 4) is 0 Å². The quantitative estimate of drug-likeness (QED) is 0.731. The molecule has 0 fully saturated rings. The Hall–Kier alpha value is -2.58. The molecule has 1 aliphatic heterocycles. The van der Waals surface area contributed by atoms with Crippen molar-refractivity contribution in [2.45, 2.75) is 32.9 Å². The molecule has 2 aromatic heterocycles. The monoisotopic (exact) mass is 383 g/mol. The summed E-state index contributed by atoms with van der Waals surface area (Å²) in [5.41, 5.74) is 1.63. The summed E-state index contributed by atoms with van der Waals surface area (Å²) in [5.74, 6) is -0.145. The summed E-state index contributed by atoms with van der Waals surface area (Å²) in [5, 5.41) is 4.08. The van der Waals surface area contributed by atoms with E-state index in [4.69, 9.17) is 0 Å². The fourth-order valence-electron chi connectivity index (χ4n) is 3.24. The van der Waals surface area contributed by atoms with E-state index in [9.17, 15) is 9.59 Å². The largest absolute Gasteiger partial charge is 0.302 e. The van der Waals surface area contributed by atoms with Gasteiger partial charge >= 0.3 is 0 Å². The molecule has 1 aliphatic rings. The van der Waals surface area contributed by atoms with Gasteiger partial charge in [0.2, 0.25) is 5.91 Å². The van der Waals surface area contributed by atoms with Crippen LogP contribution in [0.15, 0.2) is 35.4 Å². The zero-order valence-corrected chi connectivity index (χ0v) is 16.0. The lowest BCUT2D eigenvalue weighted by molar-refractivity contribution is -0.116. The molecule has 1 aromatic carbocycles. The van der Waals surface area contributed by atoms with Crippen molar-refractivity contribution < 1.29 is 4.79 Å². The molecular weight excluding hydrogens is 362 g/mol. The first-order valence-corrected chi connectivity index (χ1v) is 9.90. The topological polar surface area (TPSA) is 80.1 Å². The maximum Gasteiger partial charge on any atom is 0.261 e. The van der Waals surface area contributed by atoms with Crippen LogP contribution >= 0.6 is 11.3 Å². The number of amides is 1. The summed E-state index contributed by atoms with van der Waals surface area (Å²) in [7, 11) is 0. The molecular formula is C19H21N5O2S. The number of rotatable bonds is 5. The number of aryl methyl sites for hydroxylation is 1. The second kappa shape index (κ2) is 7.58. The molecule has 27 heavy (non-hydrogen) atoms. The van der Waals surface area contributed by atoms with Gasteiger partial charge in [0.1, 0.15) is 0 Å². The third-order valence-corrected chi connectivity index (χ3v) is 5.81. The number of carbonyl (C=O) groups is 1. The van der Waals surface area contributed by atoms with E-state index in [-0.39, 0.29) is 24.4 Å². The molecule has 1 amide bonds. The number of nitrogens with zero attached hydrogens (tertiary/aromatic N) is 4. The molecule has 0 radical (unpaired) electrons. The molecule has 7 nitrogen and oxygen atoms in total. The van der Waals surface area contributed by atoms with Gasteiger partial charge in [-0.05, 0) is 18.7 Å².